The van der Waals surface area contributed by atoms with E-state index in [0.717, 1.165) is 37.2 Å². The summed E-state index contributed by atoms with van der Waals surface area (Å²) in [5.41, 5.74) is 2.67. The second-order valence-corrected chi connectivity index (χ2v) is 7.64. The van der Waals surface area contributed by atoms with Gasteiger partial charge in [0.1, 0.15) is 5.82 Å². The minimum atomic E-state index is 0.144. The molecule has 0 aromatic carbocycles. The summed E-state index contributed by atoms with van der Waals surface area (Å²) < 4.78 is 0. The van der Waals surface area contributed by atoms with Gasteiger partial charge in [0, 0.05) is 31.4 Å². The molecule has 2 unspecified atom stereocenters. The summed E-state index contributed by atoms with van der Waals surface area (Å²) in [6.45, 7) is 13.2. The molecule has 1 heterocycles. The molecule has 1 aliphatic carbocycles. The normalized spacial score (nSPS) is 21.4. The Balaban J connectivity index is 2.09. The fourth-order valence-electron chi connectivity index (χ4n) is 2.58. The van der Waals surface area contributed by atoms with Crippen molar-refractivity contribution in [2.45, 2.75) is 59.5 Å². The lowest BCUT2D eigenvalue weighted by Gasteiger charge is -2.23. The number of nitrogens with one attached hydrogen (secondary N) is 1. The topological polar surface area (TPSA) is 28.2 Å². The Hall–Kier alpha value is -1.09. The highest BCUT2D eigenvalue weighted by molar-refractivity contribution is 5.42. The van der Waals surface area contributed by atoms with Crippen LogP contribution in [0.4, 0.5) is 5.82 Å². The van der Waals surface area contributed by atoms with E-state index in [2.05, 4.69) is 64.0 Å². The Bertz CT molecular complexity index is 476. The summed E-state index contributed by atoms with van der Waals surface area (Å²) in [4.78, 5) is 7.13. The summed E-state index contributed by atoms with van der Waals surface area (Å²) in [6.07, 6.45) is 2.36. The van der Waals surface area contributed by atoms with E-state index in [1.54, 1.807) is 0 Å². The van der Waals surface area contributed by atoms with Gasteiger partial charge in [0.2, 0.25) is 0 Å². The van der Waals surface area contributed by atoms with Gasteiger partial charge in [-0.15, -0.1) is 0 Å². The molecular formula is C18H31N3. The molecule has 1 aromatic heterocycles. The number of anilines is 1. The Labute approximate surface area is 130 Å². The first kappa shape index (κ1) is 16.3. The first-order chi connectivity index (χ1) is 9.78. The first-order valence-corrected chi connectivity index (χ1v) is 8.24. The van der Waals surface area contributed by atoms with Gasteiger partial charge >= 0.3 is 0 Å². The highest BCUT2D eigenvalue weighted by Crippen LogP contribution is 2.38. The van der Waals surface area contributed by atoms with Gasteiger partial charge in [0.05, 0.1) is 0 Å². The van der Waals surface area contributed by atoms with Crippen molar-refractivity contribution in [1.82, 2.24) is 10.3 Å². The SMILES string of the molecule is CCc1cc(CNC(C)(C)C)cc(N(C)CC2CC2C)n1. The molecule has 2 atom stereocenters. The molecule has 0 aliphatic heterocycles. The summed E-state index contributed by atoms with van der Waals surface area (Å²) >= 11 is 0. The molecule has 1 fully saturated rings. The molecule has 1 aliphatic rings. The van der Waals surface area contributed by atoms with Crippen LogP contribution < -0.4 is 10.2 Å². The molecule has 0 spiro atoms. The predicted molar refractivity (Wildman–Crippen MR) is 90.7 cm³/mol. The highest BCUT2D eigenvalue weighted by atomic mass is 15.2. The molecule has 0 radical (unpaired) electrons. The minimum absolute atomic E-state index is 0.144. The minimum Gasteiger partial charge on any atom is -0.359 e. The van der Waals surface area contributed by atoms with E-state index < -0.39 is 0 Å². The van der Waals surface area contributed by atoms with E-state index in [0.29, 0.717) is 0 Å². The number of hydrogen-bond acceptors (Lipinski definition) is 3. The van der Waals surface area contributed by atoms with Crippen LogP contribution in [0.25, 0.3) is 0 Å². The number of rotatable bonds is 6. The van der Waals surface area contributed by atoms with Crippen LogP contribution in [0.3, 0.4) is 0 Å². The molecule has 0 amide bonds. The average Bonchev–Trinajstić information content (AvgIpc) is 3.10. The average molecular weight is 289 g/mol. The number of hydrogen-bond donors (Lipinski definition) is 1. The highest BCUT2D eigenvalue weighted by Gasteiger charge is 2.33. The standard InChI is InChI=1S/C18H31N3/c1-7-16-9-14(11-19-18(3,4)5)10-17(20-16)21(6)12-15-8-13(15)2/h9-10,13,15,19H,7-8,11-12H2,1-6H3. The van der Waals surface area contributed by atoms with Crippen molar-refractivity contribution in [3.05, 3.63) is 23.4 Å². The largest absolute Gasteiger partial charge is 0.359 e. The maximum Gasteiger partial charge on any atom is 0.128 e. The van der Waals surface area contributed by atoms with Gasteiger partial charge in [0.25, 0.3) is 0 Å². The summed E-state index contributed by atoms with van der Waals surface area (Å²) in [7, 11) is 2.17. The molecule has 0 saturated heterocycles. The molecular weight excluding hydrogens is 258 g/mol. The zero-order chi connectivity index (χ0) is 15.6. The van der Waals surface area contributed by atoms with E-state index in [-0.39, 0.29) is 5.54 Å². The third-order valence-electron chi connectivity index (χ3n) is 4.29. The number of nitrogens with zero attached hydrogens (tertiary/aromatic N) is 2. The lowest BCUT2D eigenvalue weighted by molar-refractivity contribution is 0.424. The van der Waals surface area contributed by atoms with Gasteiger partial charge in [-0.05, 0) is 63.1 Å². The molecule has 2 rings (SSSR count). The summed E-state index contributed by atoms with van der Waals surface area (Å²) in [6, 6.07) is 4.47. The van der Waals surface area contributed by atoms with Gasteiger partial charge in [-0.1, -0.05) is 13.8 Å². The molecule has 118 valence electrons. The Morgan fingerprint density at radius 3 is 2.52 bits per heavy atom. The number of aromatic nitrogens is 1. The smallest absolute Gasteiger partial charge is 0.128 e. The fourth-order valence-corrected chi connectivity index (χ4v) is 2.58. The zero-order valence-corrected chi connectivity index (χ0v) is 14.5. The van der Waals surface area contributed by atoms with E-state index in [4.69, 9.17) is 4.98 Å². The van der Waals surface area contributed by atoms with Crippen molar-refractivity contribution in [2.24, 2.45) is 11.8 Å². The monoisotopic (exact) mass is 289 g/mol. The van der Waals surface area contributed by atoms with Gasteiger partial charge < -0.3 is 10.2 Å². The third-order valence-corrected chi connectivity index (χ3v) is 4.29. The van der Waals surface area contributed by atoms with Crippen molar-refractivity contribution in [1.29, 1.82) is 0 Å². The molecule has 21 heavy (non-hydrogen) atoms. The molecule has 1 N–H and O–H groups in total. The quantitative estimate of drug-likeness (QED) is 0.867. The van der Waals surface area contributed by atoms with Crippen LogP contribution in [0.1, 0.15) is 52.3 Å². The second kappa shape index (κ2) is 6.35. The van der Waals surface area contributed by atoms with Crippen LogP contribution in [-0.4, -0.2) is 24.1 Å². The van der Waals surface area contributed by atoms with Crippen LogP contribution in [0, 0.1) is 11.8 Å². The van der Waals surface area contributed by atoms with Gasteiger partial charge in [-0.25, -0.2) is 4.98 Å². The molecule has 3 nitrogen and oxygen atoms in total. The number of pyridine rings is 1. The van der Waals surface area contributed by atoms with Crippen molar-refractivity contribution in [3.63, 3.8) is 0 Å². The fraction of sp³-hybridized carbons (Fsp3) is 0.722. The van der Waals surface area contributed by atoms with Gasteiger partial charge in [-0.2, -0.15) is 0 Å². The third kappa shape index (κ3) is 4.99. The van der Waals surface area contributed by atoms with Crippen molar-refractivity contribution >= 4 is 5.82 Å². The molecule has 1 saturated carbocycles. The van der Waals surface area contributed by atoms with Crippen LogP contribution in [-0.2, 0) is 13.0 Å². The Kier molecular flexibility index (Phi) is 4.92. The van der Waals surface area contributed by atoms with E-state index in [9.17, 15) is 0 Å². The lowest BCUT2D eigenvalue weighted by atomic mass is 10.1. The molecule has 0 bridgehead atoms. The maximum absolute atomic E-state index is 4.80. The van der Waals surface area contributed by atoms with Crippen molar-refractivity contribution < 1.29 is 0 Å². The van der Waals surface area contributed by atoms with E-state index in [1.807, 2.05) is 0 Å². The van der Waals surface area contributed by atoms with Gasteiger partial charge in [-0.3, -0.25) is 0 Å². The van der Waals surface area contributed by atoms with Crippen molar-refractivity contribution in [3.8, 4) is 0 Å². The molecule has 3 heteroatoms. The van der Waals surface area contributed by atoms with E-state index >= 15 is 0 Å². The predicted octanol–water partition coefficient (Wildman–Crippen LogP) is 3.62. The van der Waals surface area contributed by atoms with Crippen LogP contribution >= 0.6 is 0 Å². The summed E-state index contributed by atoms with van der Waals surface area (Å²) in [5.74, 6) is 2.88. The second-order valence-electron chi connectivity index (χ2n) is 7.64. The zero-order valence-electron chi connectivity index (χ0n) is 14.5. The first-order valence-electron chi connectivity index (χ1n) is 8.24. The molecule has 1 aromatic rings. The summed E-state index contributed by atoms with van der Waals surface area (Å²) in [5, 5.41) is 3.57. The van der Waals surface area contributed by atoms with Crippen molar-refractivity contribution in [2.75, 3.05) is 18.5 Å². The van der Waals surface area contributed by atoms with Crippen LogP contribution in [0.15, 0.2) is 12.1 Å². The lowest BCUT2D eigenvalue weighted by Crippen LogP contribution is -2.35. The number of aryl methyl sites for hydroxylation is 1. The Morgan fingerprint density at radius 1 is 1.33 bits per heavy atom. The Morgan fingerprint density at radius 2 is 2.00 bits per heavy atom. The maximum atomic E-state index is 4.80. The van der Waals surface area contributed by atoms with Crippen LogP contribution in [0.5, 0.6) is 0 Å². The van der Waals surface area contributed by atoms with E-state index in [1.165, 1.54) is 17.7 Å². The van der Waals surface area contributed by atoms with Crippen LogP contribution in [0.2, 0.25) is 0 Å². The van der Waals surface area contributed by atoms with Gasteiger partial charge in [0.15, 0.2) is 0 Å².